The Hall–Kier alpha value is -1.92. The molecular formula is C6H7LrNO. The third-order valence-electron chi connectivity index (χ3n) is 1.08. The summed E-state index contributed by atoms with van der Waals surface area (Å²) in [7, 11) is 0. The zero-order valence-electron chi connectivity index (χ0n) is 4.98. The molecule has 57 valence electrons. The molecule has 0 fully saturated rings. The molecule has 1 heterocycles. The summed E-state index contributed by atoms with van der Waals surface area (Å²) in [5.41, 5.74) is 0.618. The van der Waals surface area contributed by atoms with E-state index in [0.29, 0.717) is 12.1 Å². The van der Waals surface area contributed by atoms with Gasteiger partial charge in [-0.05, 0) is 6.92 Å². The Bertz CT molecular complexity index is 172. The van der Waals surface area contributed by atoms with Crippen LogP contribution in [0, 0.1) is 0 Å². The van der Waals surface area contributed by atoms with E-state index in [0.717, 1.165) is 0 Å². The van der Waals surface area contributed by atoms with Crippen LogP contribution in [0.5, 0.6) is 0 Å². The first-order valence-corrected chi connectivity index (χ1v) is 2.53. The van der Waals surface area contributed by atoms with Crippen molar-refractivity contribution in [1.82, 2.24) is 0 Å². The molecule has 0 bridgehead atoms. The molecule has 0 aromatic carbocycles. The normalized spacial score (nSPS) is 16.6. The number of rotatable bonds is 0. The molecule has 2 nitrogen and oxygen atoms in total. The Morgan fingerprint density at radius 2 is 2.33 bits per heavy atom. The molecule has 1 rings (SSSR count). The SMILES string of the molecule is CC1=NC=CCC1=O.[Lr]. The van der Waals surface area contributed by atoms with E-state index in [1.165, 1.54) is 0 Å². The van der Waals surface area contributed by atoms with Gasteiger partial charge in [-0.3, -0.25) is 9.79 Å². The molecule has 0 aliphatic carbocycles. The van der Waals surface area contributed by atoms with Crippen molar-refractivity contribution in [3.63, 3.8) is 0 Å². The average molecular weight is 371 g/mol. The zero-order chi connectivity index (χ0) is 5.98. The fraction of sp³-hybridized carbons (Fsp3) is 0.333. The summed E-state index contributed by atoms with van der Waals surface area (Å²) in [6.07, 6.45) is 3.95. The topological polar surface area (TPSA) is 29.4 Å². The van der Waals surface area contributed by atoms with Gasteiger partial charge in [0.05, 0.1) is 5.71 Å². The van der Waals surface area contributed by atoms with Crippen molar-refractivity contribution in [3.05, 3.63) is 12.3 Å². The van der Waals surface area contributed by atoms with Gasteiger partial charge in [-0.25, -0.2) is 0 Å². The van der Waals surface area contributed by atoms with E-state index in [1.54, 1.807) is 19.2 Å². The average Bonchev–Trinajstić information content (AvgIpc) is 1.77. The number of hydrogen-bond donors (Lipinski definition) is 0. The summed E-state index contributed by atoms with van der Waals surface area (Å²) < 4.78 is 0. The molecule has 1 aliphatic heterocycles. The first-order chi connectivity index (χ1) is 3.80. The van der Waals surface area contributed by atoms with Crippen molar-refractivity contribution >= 4 is 11.5 Å². The molecule has 0 saturated heterocycles. The van der Waals surface area contributed by atoms with Gasteiger partial charge < -0.3 is 0 Å². The van der Waals surface area contributed by atoms with Gasteiger partial charge in [0.25, 0.3) is 0 Å². The molecule has 0 aromatic rings. The Labute approximate surface area is 47.9 Å². The van der Waals surface area contributed by atoms with Crippen molar-refractivity contribution in [3.8, 4) is 0 Å². The third kappa shape index (κ3) is 1.23. The van der Waals surface area contributed by atoms with E-state index in [2.05, 4.69) is 4.99 Å². The standard InChI is InChI=1S/C6H7NO.Lr/c1-5-6(8)3-2-4-7-5;/h2,4H,3H2,1H3;. The fourth-order valence-corrected chi connectivity index (χ4v) is 0.544. The van der Waals surface area contributed by atoms with Crippen LogP contribution in [-0.2, 0) is 4.79 Å². The quantitative estimate of drug-likeness (QED) is 0.623. The minimum absolute atomic E-state index is 0. The summed E-state index contributed by atoms with van der Waals surface area (Å²) in [5.74, 6) is 0.132. The molecule has 9 heavy (non-hydrogen) atoms. The van der Waals surface area contributed by atoms with Crippen molar-refractivity contribution in [2.45, 2.75) is 13.3 Å². The molecule has 3 heteroatoms. The molecule has 0 aromatic heterocycles. The molecule has 0 amide bonds. The number of ketones is 1. The summed E-state index contributed by atoms with van der Waals surface area (Å²) in [6, 6.07) is 0. The predicted molar refractivity (Wildman–Crippen MR) is 31.9 cm³/mol. The fourth-order valence-electron chi connectivity index (χ4n) is 0.544. The first-order valence-electron chi connectivity index (χ1n) is 2.53. The van der Waals surface area contributed by atoms with E-state index in [-0.39, 0.29) is 5.78 Å². The van der Waals surface area contributed by atoms with Crippen LogP contribution in [0.2, 0.25) is 0 Å². The Kier molecular flexibility index (Phi) is 1.89. The molecule has 1 radical (unpaired) electrons. The van der Waals surface area contributed by atoms with Crippen molar-refractivity contribution in [1.29, 1.82) is 0 Å². The number of Topliss-reactive ketones (excluding diaryl/α,β-unsaturated/α-hetero) is 1. The number of hydrogen-bond acceptors (Lipinski definition) is 2. The van der Waals surface area contributed by atoms with Crippen molar-refractivity contribution in [2.24, 2.45) is 4.99 Å². The van der Waals surface area contributed by atoms with Crippen LogP contribution in [0.15, 0.2) is 17.3 Å². The van der Waals surface area contributed by atoms with Gasteiger partial charge in [0.2, 0.25) is 0 Å². The molecule has 0 atom stereocenters. The summed E-state index contributed by atoms with van der Waals surface area (Å²) >= 11 is 0. The van der Waals surface area contributed by atoms with Crippen LogP contribution >= 0.6 is 0 Å². The Morgan fingerprint density at radius 1 is 1.67 bits per heavy atom. The molecular weight excluding hydrogens is 364 g/mol. The van der Waals surface area contributed by atoms with Crippen LogP contribution < -0.4 is 0 Å². The van der Waals surface area contributed by atoms with Gasteiger partial charge in [-0.2, -0.15) is 0 Å². The maximum atomic E-state index is 10.6. The van der Waals surface area contributed by atoms with Crippen LogP contribution in [0.3, 0.4) is 0 Å². The molecule has 0 spiro atoms. The van der Waals surface area contributed by atoms with E-state index in [1.807, 2.05) is 0 Å². The summed E-state index contributed by atoms with van der Waals surface area (Å²) in [6.45, 7) is 1.73. The van der Waals surface area contributed by atoms with Crippen molar-refractivity contribution < 1.29 is 4.79 Å². The smallest absolute Gasteiger partial charge is 0.180 e. The predicted octanol–water partition coefficient (Wildman–Crippen LogP) is 0.934. The van der Waals surface area contributed by atoms with Crippen molar-refractivity contribution in [2.75, 3.05) is 0 Å². The van der Waals surface area contributed by atoms with Crippen LogP contribution in [-0.4, -0.2) is 11.5 Å². The summed E-state index contributed by atoms with van der Waals surface area (Å²) in [4.78, 5) is 14.4. The Morgan fingerprint density at radius 3 is 2.67 bits per heavy atom. The molecule has 0 saturated carbocycles. The van der Waals surface area contributed by atoms with E-state index >= 15 is 0 Å². The van der Waals surface area contributed by atoms with Crippen LogP contribution in [0.25, 0.3) is 0 Å². The van der Waals surface area contributed by atoms with E-state index < -0.39 is 0 Å². The van der Waals surface area contributed by atoms with Gasteiger partial charge in [0, 0.05) is 12.6 Å². The Balaban J connectivity index is 0.000000640. The maximum absolute atomic E-state index is 10.6. The van der Waals surface area contributed by atoms with Gasteiger partial charge in [-0.1, -0.05) is 6.08 Å². The van der Waals surface area contributed by atoms with E-state index in [9.17, 15) is 4.79 Å². The monoisotopic (exact) mass is 371 g/mol. The van der Waals surface area contributed by atoms with Gasteiger partial charge in [0.15, 0.2) is 5.78 Å². The largest absolute Gasteiger partial charge is 0.292 e. The second-order valence-electron chi connectivity index (χ2n) is 1.73. The minimum atomic E-state index is 0. The van der Waals surface area contributed by atoms with E-state index in [4.69, 9.17) is 0 Å². The second kappa shape index (κ2) is 2.40. The number of carbonyl (C=O) groups is 1. The molecule has 0 unspecified atom stereocenters. The number of nitrogens with zero attached hydrogens (tertiary/aromatic N) is 1. The summed E-state index contributed by atoms with van der Waals surface area (Å²) in [5, 5.41) is 0. The third-order valence-corrected chi connectivity index (χ3v) is 1.08. The molecule has 1 aliphatic rings. The van der Waals surface area contributed by atoms with Crippen LogP contribution in [0.4, 0.5) is 0 Å². The number of carbonyl (C=O) groups excluding carboxylic acids is 1. The zero-order valence-corrected chi connectivity index (χ0v) is 7.13. The van der Waals surface area contributed by atoms with Gasteiger partial charge in [-0.15, -0.1) is 0 Å². The maximum Gasteiger partial charge on any atom is 0.180 e. The number of allylic oxidation sites excluding steroid dienone is 1. The van der Waals surface area contributed by atoms with Gasteiger partial charge in [0.1, 0.15) is 0 Å². The first kappa shape index (κ1) is 7.08. The second-order valence-corrected chi connectivity index (χ2v) is 1.73. The molecule has 0 N–H and O–H groups in total. The van der Waals surface area contributed by atoms with Crippen LogP contribution in [0.1, 0.15) is 13.3 Å². The number of aliphatic imine (C=N–C) groups is 1. The van der Waals surface area contributed by atoms with Gasteiger partial charge >= 0.3 is 0 Å². The minimum Gasteiger partial charge on any atom is -0.292 e.